The molecule has 16 heavy (non-hydrogen) atoms. The molecule has 1 aliphatic heterocycles. The highest BCUT2D eigenvalue weighted by molar-refractivity contribution is 5.82. The lowest BCUT2D eigenvalue weighted by molar-refractivity contribution is -0.124. The molecular weight excluding hydrogens is 198 g/mol. The lowest BCUT2D eigenvalue weighted by atomic mass is 9.92. The van der Waals surface area contributed by atoms with Crippen LogP contribution < -0.4 is 0 Å². The fourth-order valence-electron chi connectivity index (χ4n) is 2.45. The van der Waals surface area contributed by atoms with Gasteiger partial charge in [-0.1, -0.05) is 33.6 Å². The van der Waals surface area contributed by atoms with E-state index in [0.717, 1.165) is 25.4 Å². The summed E-state index contributed by atoms with van der Waals surface area (Å²) in [6.07, 6.45) is 6.23. The van der Waals surface area contributed by atoms with Gasteiger partial charge in [0.25, 0.3) is 0 Å². The van der Waals surface area contributed by atoms with E-state index in [-0.39, 0.29) is 5.92 Å². The average Bonchev–Trinajstić information content (AvgIpc) is 2.31. The minimum Gasteiger partial charge on any atom is -0.298 e. The van der Waals surface area contributed by atoms with Gasteiger partial charge in [-0.15, -0.1) is 0 Å². The van der Waals surface area contributed by atoms with Gasteiger partial charge in [-0.05, 0) is 38.3 Å². The van der Waals surface area contributed by atoms with Crippen molar-refractivity contribution >= 4 is 5.78 Å². The van der Waals surface area contributed by atoms with Crippen LogP contribution in [0.3, 0.4) is 0 Å². The number of nitrogens with zero attached hydrogens (tertiary/aromatic N) is 1. The third-order valence-corrected chi connectivity index (χ3v) is 3.95. The molecule has 0 bridgehead atoms. The highest BCUT2D eigenvalue weighted by Gasteiger charge is 2.21. The van der Waals surface area contributed by atoms with Gasteiger partial charge < -0.3 is 0 Å². The molecule has 0 aliphatic carbocycles. The molecule has 0 saturated carbocycles. The minimum absolute atomic E-state index is 0.244. The fraction of sp³-hybridized carbons (Fsp3) is 0.929. The summed E-state index contributed by atoms with van der Waals surface area (Å²) in [5.41, 5.74) is 0. The first kappa shape index (κ1) is 13.7. The van der Waals surface area contributed by atoms with Crippen molar-refractivity contribution in [1.82, 2.24) is 4.90 Å². The summed E-state index contributed by atoms with van der Waals surface area (Å²) in [5, 5.41) is 0. The lowest BCUT2D eigenvalue weighted by Crippen LogP contribution is -2.38. The van der Waals surface area contributed by atoms with E-state index in [2.05, 4.69) is 18.7 Å². The summed E-state index contributed by atoms with van der Waals surface area (Å²) in [5.74, 6) is 1.59. The van der Waals surface area contributed by atoms with Crippen LogP contribution in [-0.2, 0) is 4.79 Å². The van der Waals surface area contributed by atoms with E-state index >= 15 is 0 Å². The molecule has 1 rings (SSSR count). The Balaban J connectivity index is 2.24. The quantitative estimate of drug-likeness (QED) is 0.692. The second-order valence-electron chi connectivity index (χ2n) is 5.28. The zero-order chi connectivity index (χ0) is 12.0. The van der Waals surface area contributed by atoms with Gasteiger partial charge in [-0.3, -0.25) is 9.69 Å². The van der Waals surface area contributed by atoms with E-state index < -0.39 is 0 Å². The standard InChI is InChI=1S/C14H27NO/c1-4-6-13-7-9-15(10-8-13)11-14(16)12(3)5-2/h12-13H,4-11H2,1-3H3. The number of piperidine rings is 1. The minimum atomic E-state index is 0.244. The van der Waals surface area contributed by atoms with E-state index in [9.17, 15) is 4.79 Å². The van der Waals surface area contributed by atoms with E-state index in [1.165, 1.54) is 25.7 Å². The van der Waals surface area contributed by atoms with Crippen molar-refractivity contribution in [2.24, 2.45) is 11.8 Å². The maximum atomic E-state index is 11.8. The summed E-state index contributed by atoms with van der Waals surface area (Å²) >= 11 is 0. The normalized spacial score (nSPS) is 20.9. The molecule has 1 unspecified atom stereocenters. The second-order valence-corrected chi connectivity index (χ2v) is 5.28. The van der Waals surface area contributed by atoms with Crippen molar-refractivity contribution in [3.05, 3.63) is 0 Å². The molecule has 1 heterocycles. The van der Waals surface area contributed by atoms with Crippen molar-refractivity contribution in [3.8, 4) is 0 Å². The summed E-state index contributed by atoms with van der Waals surface area (Å²) < 4.78 is 0. The highest BCUT2D eigenvalue weighted by Crippen LogP contribution is 2.21. The Labute approximate surface area is 100 Å². The molecule has 0 aromatic rings. The summed E-state index contributed by atoms with van der Waals surface area (Å²) in [6, 6.07) is 0. The molecule has 1 atom stereocenters. The lowest BCUT2D eigenvalue weighted by Gasteiger charge is -2.31. The van der Waals surface area contributed by atoms with Crippen LogP contribution in [0.4, 0.5) is 0 Å². The molecule has 2 heteroatoms. The first-order valence-electron chi connectivity index (χ1n) is 6.92. The Hall–Kier alpha value is -0.370. The fourth-order valence-corrected chi connectivity index (χ4v) is 2.45. The van der Waals surface area contributed by atoms with Crippen LogP contribution in [0.2, 0.25) is 0 Å². The Morgan fingerprint density at radius 3 is 2.44 bits per heavy atom. The van der Waals surface area contributed by atoms with Crippen molar-refractivity contribution < 1.29 is 4.79 Å². The SMILES string of the molecule is CCCC1CCN(CC(=O)C(C)CC)CC1. The third-order valence-electron chi connectivity index (χ3n) is 3.95. The zero-order valence-corrected chi connectivity index (χ0v) is 11.2. The maximum Gasteiger partial charge on any atom is 0.149 e. The van der Waals surface area contributed by atoms with Crippen molar-refractivity contribution in [3.63, 3.8) is 0 Å². The Morgan fingerprint density at radius 2 is 1.94 bits per heavy atom. The van der Waals surface area contributed by atoms with Gasteiger partial charge in [0.15, 0.2) is 0 Å². The van der Waals surface area contributed by atoms with E-state index in [1.54, 1.807) is 0 Å². The number of Topliss-reactive ketones (excluding diaryl/α,β-unsaturated/α-hetero) is 1. The molecule has 0 radical (unpaired) electrons. The number of hydrogen-bond donors (Lipinski definition) is 0. The van der Waals surface area contributed by atoms with Crippen LogP contribution in [0.25, 0.3) is 0 Å². The van der Waals surface area contributed by atoms with Crippen LogP contribution in [0, 0.1) is 11.8 Å². The van der Waals surface area contributed by atoms with Crippen LogP contribution >= 0.6 is 0 Å². The first-order chi connectivity index (χ1) is 7.67. The van der Waals surface area contributed by atoms with Crippen LogP contribution in [0.15, 0.2) is 0 Å². The number of likely N-dealkylation sites (tertiary alicyclic amines) is 1. The third kappa shape index (κ3) is 4.25. The van der Waals surface area contributed by atoms with Gasteiger partial charge in [0, 0.05) is 5.92 Å². The van der Waals surface area contributed by atoms with Gasteiger partial charge >= 0.3 is 0 Å². The monoisotopic (exact) mass is 225 g/mol. The van der Waals surface area contributed by atoms with Gasteiger partial charge in [0.2, 0.25) is 0 Å². The molecule has 2 nitrogen and oxygen atoms in total. The Morgan fingerprint density at radius 1 is 1.31 bits per heavy atom. The number of ketones is 1. The molecule has 0 amide bonds. The number of hydrogen-bond acceptors (Lipinski definition) is 2. The molecule has 1 saturated heterocycles. The highest BCUT2D eigenvalue weighted by atomic mass is 16.1. The Kier molecular flexibility index (Phi) is 6.04. The molecule has 1 fully saturated rings. The largest absolute Gasteiger partial charge is 0.298 e. The molecule has 0 aromatic carbocycles. The van der Waals surface area contributed by atoms with Crippen molar-refractivity contribution in [2.75, 3.05) is 19.6 Å². The van der Waals surface area contributed by atoms with Gasteiger partial charge in [0.05, 0.1) is 6.54 Å². The van der Waals surface area contributed by atoms with Crippen LogP contribution in [0.1, 0.15) is 52.9 Å². The van der Waals surface area contributed by atoms with E-state index in [0.29, 0.717) is 12.3 Å². The van der Waals surface area contributed by atoms with Crippen molar-refractivity contribution in [1.29, 1.82) is 0 Å². The maximum absolute atomic E-state index is 11.8. The Bertz CT molecular complexity index is 207. The van der Waals surface area contributed by atoms with Gasteiger partial charge in [-0.25, -0.2) is 0 Å². The van der Waals surface area contributed by atoms with Crippen LogP contribution in [-0.4, -0.2) is 30.3 Å². The average molecular weight is 225 g/mol. The van der Waals surface area contributed by atoms with E-state index in [4.69, 9.17) is 0 Å². The predicted octanol–water partition coefficient (Wildman–Crippen LogP) is 3.11. The summed E-state index contributed by atoms with van der Waals surface area (Å²) in [7, 11) is 0. The smallest absolute Gasteiger partial charge is 0.149 e. The molecule has 1 aliphatic rings. The topological polar surface area (TPSA) is 20.3 Å². The number of rotatable bonds is 6. The number of carbonyl (C=O) groups excluding carboxylic acids is 1. The molecule has 0 spiro atoms. The van der Waals surface area contributed by atoms with E-state index in [1.807, 2.05) is 6.92 Å². The van der Waals surface area contributed by atoms with Crippen LogP contribution in [0.5, 0.6) is 0 Å². The molecule has 94 valence electrons. The van der Waals surface area contributed by atoms with Crippen molar-refractivity contribution in [2.45, 2.75) is 52.9 Å². The predicted molar refractivity (Wildman–Crippen MR) is 68.5 cm³/mol. The summed E-state index contributed by atoms with van der Waals surface area (Å²) in [6.45, 7) is 9.36. The zero-order valence-electron chi connectivity index (χ0n) is 11.2. The van der Waals surface area contributed by atoms with Gasteiger partial charge in [-0.2, -0.15) is 0 Å². The second kappa shape index (κ2) is 7.05. The first-order valence-corrected chi connectivity index (χ1v) is 6.92. The molecular formula is C14H27NO. The number of carbonyl (C=O) groups is 1. The summed E-state index contributed by atoms with van der Waals surface area (Å²) in [4.78, 5) is 14.2. The van der Waals surface area contributed by atoms with Gasteiger partial charge in [0.1, 0.15) is 5.78 Å². The molecule has 0 N–H and O–H groups in total. The molecule has 0 aromatic heterocycles.